The van der Waals surface area contributed by atoms with Crippen LogP contribution in [0.15, 0.2) is 0 Å². The summed E-state index contributed by atoms with van der Waals surface area (Å²) in [5.74, 6) is -0.769. The van der Waals surface area contributed by atoms with Gasteiger partial charge >= 0.3 is 0 Å². The van der Waals surface area contributed by atoms with Crippen molar-refractivity contribution in [1.82, 2.24) is 15.5 Å². The lowest BCUT2D eigenvalue weighted by Gasteiger charge is -2.30. The molecule has 6 nitrogen and oxygen atoms in total. The van der Waals surface area contributed by atoms with Gasteiger partial charge in [0.2, 0.25) is 17.7 Å². The summed E-state index contributed by atoms with van der Waals surface area (Å²) in [6, 6.07) is 1.20. The number of nitrogens with zero attached hydrogens (tertiary/aromatic N) is 1. The monoisotopic (exact) mass is 319 g/mol. The fraction of sp³-hybridized carbons (Fsp3) is 0.824. The molecule has 3 saturated heterocycles. The van der Waals surface area contributed by atoms with Gasteiger partial charge in [-0.1, -0.05) is 12.8 Å². The Morgan fingerprint density at radius 1 is 1.00 bits per heavy atom. The summed E-state index contributed by atoms with van der Waals surface area (Å²) in [5.41, 5.74) is 0. The smallest absolute Gasteiger partial charge is 0.240 e. The van der Waals surface area contributed by atoms with Crippen molar-refractivity contribution in [2.45, 2.75) is 69.5 Å². The van der Waals surface area contributed by atoms with Crippen LogP contribution >= 0.6 is 0 Å². The first-order valence-electron chi connectivity index (χ1n) is 9.02. The molecule has 4 atom stereocenters. The zero-order valence-electron chi connectivity index (χ0n) is 13.4. The van der Waals surface area contributed by atoms with E-state index >= 15 is 0 Å². The summed E-state index contributed by atoms with van der Waals surface area (Å²) < 4.78 is 0. The summed E-state index contributed by atoms with van der Waals surface area (Å²) in [5, 5.41) is 6.59. The van der Waals surface area contributed by atoms with Crippen LogP contribution in [0.5, 0.6) is 0 Å². The number of piperidine rings is 1. The largest absolute Gasteiger partial charge is 0.352 e. The molecule has 0 radical (unpaired) electrons. The number of hydrogen-bond acceptors (Lipinski definition) is 4. The van der Waals surface area contributed by atoms with Crippen molar-refractivity contribution in [1.29, 1.82) is 0 Å². The highest BCUT2D eigenvalue weighted by Crippen LogP contribution is 2.37. The number of imide groups is 1. The summed E-state index contributed by atoms with van der Waals surface area (Å²) in [7, 11) is 0. The van der Waals surface area contributed by atoms with E-state index in [-0.39, 0.29) is 42.1 Å². The fourth-order valence-corrected chi connectivity index (χ4v) is 4.98. The lowest BCUT2D eigenvalue weighted by atomic mass is 9.81. The Hall–Kier alpha value is -1.43. The molecular weight excluding hydrogens is 294 g/mol. The van der Waals surface area contributed by atoms with Crippen LogP contribution in [0.1, 0.15) is 51.4 Å². The number of likely N-dealkylation sites (tertiary alicyclic amines) is 1. The van der Waals surface area contributed by atoms with Crippen molar-refractivity contribution in [3.05, 3.63) is 0 Å². The third-order valence-electron chi connectivity index (χ3n) is 6.07. The van der Waals surface area contributed by atoms with Crippen molar-refractivity contribution < 1.29 is 14.4 Å². The second-order valence-electron chi connectivity index (χ2n) is 7.63. The molecule has 4 rings (SSSR count). The summed E-state index contributed by atoms with van der Waals surface area (Å²) in [6.45, 7) is -0.0933. The van der Waals surface area contributed by atoms with E-state index in [1.807, 2.05) is 0 Å². The molecule has 3 aliphatic heterocycles. The lowest BCUT2D eigenvalue weighted by molar-refractivity contribution is -0.143. The average molecular weight is 319 g/mol. The first kappa shape index (κ1) is 15.1. The van der Waals surface area contributed by atoms with Crippen LogP contribution in [-0.2, 0) is 14.4 Å². The van der Waals surface area contributed by atoms with E-state index in [4.69, 9.17) is 0 Å². The molecule has 23 heavy (non-hydrogen) atoms. The van der Waals surface area contributed by atoms with Crippen molar-refractivity contribution in [2.75, 3.05) is 6.54 Å². The molecule has 4 fully saturated rings. The predicted octanol–water partition coefficient (Wildman–Crippen LogP) is 0.561. The minimum atomic E-state index is -0.184. The summed E-state index contributed by atoms with van der Waals surface area (Å²) in [6.07, 6.45) is 7.89. The van der Waals surface area contributed by atoms with Gasteiger partial charge < -0.3 is 10.6 Å². The second kappa shape index (κ2) is 5.89. The van der Waals surface area contributed by atoms with Gasteiger partial charge in [-0.15, -0.1) is 0 Å². The molecule has 1 saturated carbocycles. The molecule has 3 amide bonds. The van der Waals surface area contributed by atoms with Gasteiger partial charge in [-0.3, -0.25) is 19.3 Å². The minimum Gasteiger partial charge on any atom is -0.352 e. The second-order valence-corrected chi connectivity index (χ2v) is 7.63. The van der Waals surface area contributed by atoms with E-state index in [1.165, 1.54) is 17.7 Å². The highest BCUT2D eigenvalue weighted by molar-refractivity contribution is 6.07. The highest BCUT2D eigenvalue weighted by atomic mass is 16.2. The van der Waals surface area contributed by atoms with E-state index in [9.17, 15) is 14.4 Å². The standard InChI is InChI=1S/C17H25N3O3/c21-15(19-12-7-10-5-6-11(8-12)18-10)9-20-16(22)13-3-1-2-4-14(13)17(20)23/h10-14,18H,1-9H2,(H,19,21). The number of carbonyl (C=O) groups is 3. The molecular formula is C17H25N3O3. The van der Waals surface area contributed by atoms with Crippen molar-refractivity contribution in [3.63, 3.8) is 0 Å². The van der Waals surface area contributed by atoms with Crippen molar-refractivity contribution >= 4 is 17.7 Å². The number of hydrogen-bond donors (Lipinski definition) is 2. The molecule has 126 valence electrons. The molecule has 3 heterocycles. The number of fused-ring (bicyclic) bond motifs is 3. The molecule has 4 unspecified atom stereocenters. The molecule has 2 N–H and O–H groups in total. The number of amides is 3. The quantitative estimate of drug-likeness (QED) is 0.745. The SMILES string of the molecule is O=C(CN1C(=O)C2CCCCC2C1=O)NC1CC2CCC(C1)N2. The molecule has 0 spiro atoms. The Morgan fingerprint density at radius 3 is 2.13 bits per heavy atom. The third-order valence-corrected chi connectivity index (χ3v) is 6.07. The first-order chi connectivity index (χ1) is 11.1. The van der Waals surface area contributed by atoms with Gasteiger partial charge in [-0.2, -0.15) is 0 Å². The van der Waals surface area contributed by atoms with Crippen molar-refractivity contribution in [3.8, 4) is 0 Å². The molecule has 0 aromatic rings. The maximum Gasteiger partial charge on any atom is 0.240 e. The van der Waals surface area contributed by atoms with Crippen LogP contribution in [0.2, 0.25) is 0 Å². The van der Waals surface area contributed by atoms with Crippen LogP contribution in [-0.4, -0.2) is 47.3 Å². The Kier molecular flexibility index (Phi) is 3.87. The van der Waals surface area contributed by atoms with Gasteiger partial charge in [0.1, 0.15) is 6.54 Å². The van der Waals surface area contributed by atoms with Gasteiger partial charge in [0, 0.05) is 18.1 Å². The van der Waals surface area contributed by atoms with Gasteiger partial charge in [0.05, 0.1) is 11.8 Å². The zero-order chi connectivity index (χ0) is 16.0. The normalized spacial score (nSPS) is 39.5. The first-order valence-corrected chi connectivity index (χ1v) is 9.02. The number of carbonyl (C=O) groups excluding carboxylic acids is 3. The van der Waals surface area contributed by atoms with E-state index in [0.29, 0.717) is 12.1 Å². The lowest BCUT2D eigenvalue weighted by Crippen LogP contribution is -2.50. The van der Waals surface area contributed by atoms with E-state index in [1.54, 1.807) is 0 Å². The summed E-state index contributed by atoms with van der Waals surface area (Å²) in [4.78, 5) is 38.3. The predicted molar refractivity (Wildman–Crippen MR) is 83.3 cm³/mol. The van der Waals surface area contributed by atoms with Gasteiger partial charge in [0.25, 0.3) is 0 Å². The molecule has 6 heteroatoms. The summed E-state index contributed by atoms with van der Waals surface area (Å²) >= 11 is 0. The van der Waals surface area contributed by atoms with Gasteiger partial charge in [0.15, 0.2) is 0 Å². The average Bonchev–Trinajstić information content (AvgIpc) is 3.00. The topological polar surface area (TPSA) is 78.5 Å². The van der Waals surface area contributed by atoms with Crippen LogP contribution in [0.25, 0.3) is 0 Å². The van der Waals surface area contributed by atoms with E-state index in [2.05, 4.69) is 10.6 Å². The Bertz CT molecular complexity index is 499. The molecule has 4 aliphatic rings. The Labute approximate surface area is 136 Å². The van der Waals surface area contributed by atoms with Crippen LogP contribution in [0.4, 0.5) is 0 Å². The Balaban J connectivity index is 1.35. The third kappa shape index (κ3) is 2.77. The van der Waals surface area contributed by atoms with E-state index < -0.39 is 0 Å². The van der Waals surface area contributed by atoms with Crippen LogP contribution < -0.4 is 10.6 Å². The Morgan fingerprint density at radius 2 is 1.57 bits per heavy atom. The van der Waals surface area contributed by atoms with E-state index in [0.717, 1.165) is 38.5 Å². The van der Waals surface area contributed by atoms with Gasteiger partial charge in [-0.05, 0) is 38.5 Å². The number of rotatable bonds is 3. The molecule has 1 aliphatic carbocycles. The number of nitrogens with one attached hydrogen (secondary N) is 2. The minimum absolute atomic E-state index is 0.0933. The van der Waals surface area contributed by atoms with Gasteiger partial charge in [-0.25, -0.2) is 0 Å². The highest BCUT2D eigenvalue weighted by Gasteiger charge is 2.48. The van der Waals surface area contributed by atoms with Crippen LogP contribution in [0.3, 0.4) is 0 Å². The van der Waals surface area contributed by atoms with Crippen LogP contribution in [0, 0.1) is 11.8 Å². The maximum absolute atomic E-state index is 12.4. The molecule has 2 bridgehead atoms. The molecule has 0 aromatic carbocycles. The maximum atomic E-state index is 12.4. The zero-order valence-corrected chi connectivity index (χ0v) is 13.4. The molecule has 0 aromatic heterocycles. The fourth-order valence-electron chi connectivity index (χ4n) is 4.98. The van der Waals surface area contributed by atoms with Crippen molar-refractivity contribution in [2.24, 2.45) is 11.8 Å².